The molecule has 0 saturated heterocycles. The number of aliphatic carboxylic acids is 1. The van der Waals surface area contributed by atoms with Gasteiger partial charge in [-0.3, -0.25) is 9.78 Å². The molecule has 0 radical (unpaired) electrons. The van der Waals surface area contributed by atoms with E-state index >= 15 is 4.39 Å². The average molecular weight is 601 g/mol. The number of carbonyl (C=O) groups is 2. The van der Waals surface area contributed by atoms with Crippen molar-refractivity contribution in [2.45, 2.75) is 71.8 Å². The van der Waals surface area contributed by atoms with Gasteiger partial charge in [0.15, 0.2) is 17.7 Å². The summed E-state index contributed by atoms with van der Waals surface area (Å²) in [6.07, 6.45) is -3.57. The normalized spacial score (nSPS) is 15.5. The van der Waals surface area contributed by atoms with Gasteiger partial charge in [-0.15, -0.1) is 0 Å². The number of aromatic nitrogens is 1. The van der Waals surface area contributed by atoms with Crippen LogP contribution in [0.3, 0.4) is 0 Å². The van der Waals surface area contributed by atoms with E-state index in [0.717, 1.165) is 23.9 Å². The van der Waals surface area contributed by atoms with Crippen molar-refractivity contribution in [3.05, 3.63) is 75.4 Å². The van der Waals surface area contributed by atoms with Crippen LogP contribution in [0.2, 0.25) is 0 Å². The molecule has 1 unspecified atom stereocenters. The van der Waals surface area contributed by atoms with Gasteiger partial charge in [-0.1, -0.05) is 0 Å². The number of hydrogen-bond donors (Lipinski definition) is 1. The minimum absolute atomic E-state index is 0.0308. The third-order valence-corrected chi connectivity index (χ3v) is 7.74. The van der Waals surface area contributed by atoms with E-state index in [1.807, 2.05) is 6.92 Å². The van der Waals surface area contributed by atoms with Gasteiger partial charge in [0.1, 0.15) is 5.69 Å². The standard InChI is InChI=1S/C32H32F4N2O5/c1-16-13-23-20(10-11-38(23)29(39)18-8-9-24(37-15-18)32(34,35)36)26(25(16)28(30(40)41)43-31(3,4)5)21-14-22(33)27-19(17(21)2)7-6-12-42-27/h8-9,13-15,28H,6-7,10-12H2,1-5H3,(H,40,41). The molecule has 1 amide bonds. The first-order chi connectivity index (χ1) is 20.1. The van der Waals surface area contributed by atoms with Gasteiger partial charge in [0, 0.05) is 29.6 Å². The molecule has 3 aromatic rings. The van der Waals surface area contributed by atoms with Gasteiger partial charge < -0.3 is 19.5 Å². The highest BCUT2D eigenvalue weighted by molar-refractivity contribution is 6.08. The number of pyridine rings is 1. The lowest BCUT2D eigenvalue weighted by Crippen LogP contribution is -2.30. The molecule has 0 fully saturated rings. The van der Waals surface area contributed by atoms with Crippen molar-refractivity contribution in [2.24, 2.45) is 0 Å². The Balaban J connectivity index is 1.72. The number of alkyl halides is 3. The lowest BCUT2D eigenvalue weighted by Gasteiger charge is -2.30. The Morgan fingerprint density at radius 3 is 2.42 bits per heavy atom. The van der Waals surface area contributed by atoms with Crippen LogP contribution >= 0.6 is 0 Å². The molecule has 2 aromatic carbocycles. The summed E-state index contributed by atoms with van der Waals surface area (Å²) in [6.45, 7) is 9.34. The summed E-state index contributed by atoms with van der Waals surface area (Å²) < 4.78 is 66.4. The Morgan fingerprint density at radius 2 is 1.81 bits per heavy atom. The molecule has 11 heteroatoms. The first kappa shape index (κ1) is 30.5. The number of amides is 1. The summed E-state index contributed by atoms with van der Waals surface area (Å²) in [6, 6.07) is 4.87. The summed E-state index contributed by atoms with van der Waals surface area (Å²) in [5.41, 5.74) is 2.35. The van der Waals surface area contributed by atoms with E-state index in [1.165, 1.54) is 11.0 Å². The molecule has 1 aromatic heterocycles. The van der Waals surface area contributed by atoms with Crippen molar-refractivity contribution in [1.29, 1.82) is 0 Å². The Labute approximate surface area is 246 Å². The largest absolute Gasteiger partial charge is 0.490 e. The number of carboxylic acid groups (broad SMARTS) is 1. The second-order valence-corrected chi connectivity index (χ2v) is 11.9. The van der Waals surface area contributed by atoms with Crippen molar-refractivity contribution in [3.8, 4) is 16.9 Å². The molecule has 1 N–H and O–H groups in total. The predicted molar refractivity (Wildman–Crippen MR) is 151 cm³/mol. The Bertz CT molecular complexity index is 1610. The average Bonchev–Trinajstić information content (AvgIpc) is 3.35. The molecule has 0 bridgehead atoms. The van der Waals surface area contributed by atoms with Crippen LogP contribution < -0.4 is 9.64 Å². The number of nitrogens with zero attached hydrogens (tertiary/aromatic N) is 2. The molecule has 5 rings (SSSR count). The fourth-order valence-corrected chi connectivity index (χ4v) is 5.90. The van der Waals surface area contributed by atoms with E-state index in [4.69, 9.17) is 9.47 Å². The smallest absolute Gasteiger partial charge is 0.433 e. The molecule has 43 heavy (non-hydrogen) atoms. The number of rotatable bonds is 5. The lowest BCUT2D eigenvalue weighted by atomic mass is 9.83. The maximum Gasteiger partial charge on any atom is 0.433 e. The van der Waals surface area contributed by atoms with Crippen LogP contribution in [0.15, 0.2) is 30.5 Å². The van der Waals surface area contributed by atoms with Crippen LogP contribution in [0.4, 0.5) is 23.2 Å². The van der Waals surface area contributed by atoms with Crippen molar-refractivity contribution in [1.82, 2.24) is 4.98 Å². The van der Waals surface area contributed by atoms with Crippen molar-refractivity contribution in [3.63, 3.8) is 0 Å². The zero-order valence-corrected chi connectivity index (χ0v) is 24.5. The first-order valence-electron chi connectivity index (χ1n) is 14.0. The number of anilines is 1. The van der Waals surface area contributed by atoms with Gasteiger partial charge in [0.05, 0.1) is 17.8 Å². The molecule has 3 heterocycles. The van der Waals surface area contributed by atoms with Gasteiger partial charge in [0.25, 0.3) is 5.91 Å². The molecule has 228 valence electrons. The number of carboxylic acids is 1. The van der Waals surface area contributed by atoms with Crippen molar-refractivity contribution < 1.29 is 41.7 Å². The summed E-state index contributed by atoms with van der Waals surface area (Å²) >= 11 is 0. The van der Waals surface area contributed by atoms with Crippen molar-refractivity contribution >= 4 is 17.6 Å². The Hall–Kier alpha value is -3.99. The molecule has 2 aliphatic heterocycles. The minimum Gasteiger partial charge on any atom is -0.490 e. The van der Waals surface area contributed by atoms with Gasteiger partial charge >= 0.3 is 12.1 Å². The number of aryl methyl sites for hydroxylation is 1. The Kier molecular flexibility index (Phi) is 7.75. The molecule has 1 atom stereocenters. The van der Waals surface area contributed by atoms with Crippen LogP contribution in [0, 0.1) is 19.7 Å². The molecule has 0 aliphatic carbocycles. The molecule has 2 aliphatic rings. The third-order valence-electron chi connectivity index (χ3n) is 7.74. The SMILES string of the molecule is Cc1cc2c(c(-c3cc(F)c4c(c3C)CCCO4)c1C(OC(C)(C)C)C(=O)O)CCN2C(=O)c1ccc(C(F)(F)F)nc1. The third kappa shape index (κ3) is 5.70. The van der Waals surface area contributed by atoms with Crippen LogP contribution in [0.25, 0.3) is 11.1 Å². The molecular formula is C32H32F4N2O5. The van der Waals surface area contributed by atoms with Gasteiger partial charge in [0.2, 0.25) is 0 Å². The second kappa shape index (κ2) is 10.9. The molecular weight excluding hydrogens is 568 g/mol. The van der Waals surface area contributed by atoms with Crippen LogP contribution in [0.5, 0.6) is 5.75 Å². The highest BCUT2D eigenvalue weighted by Crippen LogP contribution is 2.48. The quantitative estimate of drug-likeness (QED) is 0.318. The van der Waals surface area contributed by atoms with E-state index in [1.54, 1.807) is 33.8 Å². The number of hydrogen-bond acceptors (Lipinski definition) is 5. The Morgan fingerprint density at radius 1 is 1.09 bits per heavy atom. The lowest BCUT2D eigenvalue weighted by molar-refractivity contribution is -0.160. The van der Waals surface area contributed by atoms with E-state index in [-0.39, 0.29) is 17.9 Å². The maximum atomic E-state index is 15.5. The van der Waals surface area contributed by atoms with Gasteiger partial charge in [-0.25, -0.2) is 9.18 Å². The summed E-state index contributed by atoms with van der Waals surface area (Å²) in [7, 11) is 0. The fraction of sp³-hybridized carbons (Fsp3) is 0.406. The number of halogens is 4. The van der Waals surface area contributed by atoms with Crippen LogP contribution in [-0.4, -0.2) is 40.7 Å². The summed E-state index contributed by atoms with van der Waals surface area (Å²) in [5.74, 6) is -2.16. The molecule has 0 spiro atoms. The van der Waals surface area contributed by atoms with Gasteiger partial charge in [-0.2, -0.15) is 13.2 Å². The zero-order chi connectivity index (χ0) is 31.4. The first-order valence-corrected chi connectivity index (χ1v) is 14.0. The van der Waals surface area contributed by atoms with E-state index < -0.39 is 41.3 Å². The molecule has 0 saturated carbocycles. The van der Waals surface area contributed by atoms with Crippen LogP contribution in [-0.2, 0) is 28.5 Å². The number of carbonyl (C=O) groups excluding carboxylic acids is 1. The number of fused-ring (bicyclic) bond motifs is 2. The van der Waals surface area contributed by atoms with Crippen LogP contribution in [0.1, 0.15) is 77.2 Å². The fourth-order valence-electron chi connectivity index (χ4n) is 5.90. The summed E-state index contributed by atoms with van der Waals surface area (Å²) in [4.78, 5) is 31.1. The predicted octanol–water partition coefficient (Wildman–Crippen LogP) is 6.99. The summed E-state index contributed by atoms with van der Waals surface area (Å²) in [5, 5.41) is 10.3. The highest BCUT2D eigenvalue weighted by atomic mass is 19.4. The topological polar surface area (TPSA) is 89.0 Å². The second-order valence-electron chi connectivity index (χ2n) is 11.9. The minimum atomic E-state index is -4.65. The van der Waals surface area contributed by atoms with E-state index in [9.17, 15) is 27.9 Å². The molecule has 7 nitrogen and oxygen atoms in total. The van der Waals surface area contributed by atoms with E-state index in [0.29, 0.717) is 64.9 Å². The van der Waals surface area contributed by atoms with Gasteiger partial charge in [-0.05, 0) is 106 Å². The maximum absolute atomic E-state index is 15.5. The zero-order valence-electron chi connectivity index (χ0n) is 24.5. The highest BCUT2D eigenvalue weighted by Gasteiger charge is 2.38. The monoisotopic (exact) mass is 600 g/mol. The number of ether oxygens (including phenoxy) is 2. The van der Waals surface area contributed by atoms with Crippen molar-refractivity contribution in [2.75, 3.05) is 18.1 Å². The van der Waals surface area contributed by atoms with E-state index in [2.05, 4.69) is 4.98 Å². The number of benzene rings is 2.